The largest absolute Gasteiger partial charge is 0.497 e. The summed E-state index contributed by atoms with van der Waals surface area (Å²) in [5, 5.41) is 4.18. The van der Waals surface area contributed by atoms with Crippen LogP contribution in [0.3, 0.4) is 0 Å². The van der Waals surface area contributed by atoms with E-state index in [4.69, 9.17) is 21.7 Å². The summed E-state index contributed by atoms with van der Waals surface area (Å²) in [6, 6.07) is 14.5. The standard InChI is InChI=1S/C26H30N4O2S/c1-31-20-11-12-23(32-2)22(16-20)30-25(24(28-26(30)33)21-10-6-7-14-27-21)18-13-15-29(17-18)19-8-4-3-5-9-19/h6-7,10-17,19,24-25H,3-5,8-9H2,1-2H3,(H,28,33)/t24-,25+/m0/s1. The molecule has 5 rings (SSSR count). The molecule has 0 bridgehead atoms. The Bertz CT molecular complexity index is 1110. The highest BCUT2D eigenvalue weighted by atomic mass is 32.1. The van der Waals surface area contributed by atoms with E-state index in [1.807, 2.05) is 36.5 Å². The van der Waals surface area contributed by atoms with Crippen LogP contribution in [0.5, 0.6) is 11.5 Å². The second kappa shape index (κ2) is 9.43. The highest BCUT2D eigenvalue weighted by molar-refractivity contribution is 7.80. The third-order valence-electron chi connectivity index (χ3n) is 6.82. The fourth-order valence-electron chi connectivity index (χ4n) is 5.15. The summed E-state index contributed by atoms with van der Waals surface area (Å²) >= 11 is 5.88. The van der Waals surface area contributed by atoms with Gasteiger partial charge in [-0.3, -0.25) is 4.98 Å². The van der Waals surface area contributed by atoms with E-state index in [0.29, 0.717) is 11.2 Å². The van der Waals surface area contributed by atoms with Crippen molar-refractivity contribution >= 4 is 23.0 Å². The maximum Gasteiger partial charge on any atom is 0.174 e. The number of nitrogens with zero attached hydrogens (tertiary/aromatic N) is 3. The highest BCUT2D eigenvalue weighted by Crippen LogP contribution is 2.46. The molecule has 172 valence electrons. The van der Waals surface area contributed by atoms with Crippen LogP contribution < -0.4 is 19.7 Å². The lowest BCUT2D eigenvalue weighted by atomic mass is 9.95. The molecule has 1 aliphatic carbocycles. The highest BCUT2D eigenvalue weighted by Gasteiger charge is 2.42. The Morgan fingerprint density at radius 2 is 1.88 bits per heavy atom. The summed E-state index contributed by atoms with van der Waals surface area (Å²) in [7, 11) is 3.35. The number of nitrogens with one attached hydrogen (secondary N) is 1. The summed E-state index contributed by atoms with van der Waals surface area (Å²) in [5.74, 6) is 1.51. The molecule has 1 aliphatic heterocycles. The van der Waals surface area contributed by atoms with E-state index < -0.39 is 0 Å². The van der Waals surface area contributed by atoms with Crippen molar-refractivity contribution in [2.24, 2.45) is 0 Å². The quantitative estimate of drug-likeness (QED) is 0.483. The van der Waals surface area contributed by atoms with Crippen LogP contribution >= 0.6 is 12.2 Å². The van der Waals surface area contributed by atoms with Crippen molar-refractivity contribution in [3.05, 3.63) is 72.3 Å². The van der Waals surface area contributed by atoms with E-state index in [2.05, 4.69) is 44.3 Å². The first-order valence-corrected chi connectivity index (χ1v) is 12.0. The van der Waals surface area contributed by atoms with E-state index in [0.717, 1.165) is 22.9 Å². The first-order chi connectivity index (χ1) is 16.2. The van der Waals surface area contributed by atoms with Gasteiger partial charge in [-0.15, -0.1) is 0 Å². The number of pyridine rings is 1. The molecule has 2 atom stereocenters. The van der Waals surface area contributed by atoms with E-state index >= 15 is 0 Å². The van der Waals surface area contributed by atoms with Gasteiger partial charge in [-0.25, -0.2) is 0 Å². The molecule has 33 heavy (non-hydrogen) atoms. The van der Waals surface area contributed by atoms with Gasteiger partial charge in [0, 0.05) is 30.7 Å². The number of methoxy groups -OCH3 is 2. The van der Waals surface area contributed by atoms with Crippen molar-refractivity contribution in [2.75, 3.05) is 19.1 Å². The molecular weight excluding hydrogens is 432 g/mol. The molecule has 6 nitrogen and oxygen atoms in total. The summed E-state index contributed by atoms with van der Waals surface area (Å²) in [6.07, 6.45) is 12.8. The topological polar surface area (TPSA) is 51.6 Å². The lowest BCUT2D eigenvalue weighted by Gasteiger charge is -2.29. The Kier molecular flexibility index (Phi) is 6.22. The third kappa shape index (κ3) is 4.17. The van der Waals surface area contributed by atoms with Gasteiger partial charge in [0.2, 0.25) is 0 Å². The number of hydrogen-bond acceptors (Lipinski definition) is 4. The van der Waals surface area contributed by atoms with Crippen LogP contribution in [0.1, 0.15) is 61.5 Å². The molecule has 2 fully saturated rings. The predicted octanol–water partition coefficient (Wildman–Crippen LogP) is 5.58. The summed E-state index contributed by atoms with van der Waals surface area (Å²) in [5.41, 5.74) is 3.04. The normalized spacial score (nSPS) is 21.2. The SMILES string of the molecule is COc1ccc(OC)c(N2C(=S)N[C@@H](c3ccccn3)[C@H]2c2ccn(C3CCCCC3)c2)c1. The summed E-state index contributed by atoms with van der Waals surface area (Å²) in [4.78, 5) is 6.81. The Labute approximate surface area is 200 Å². The van der Waals surface area contributed by atoms with Gasteiger partial charge in [-0.05, 0) is 61.0 Å². The van der Waals surface area contributed by atoms with Gasteiger partial charge < -0.3 is 24.3 Å². The molecule has 0 radical (unpaired) electrons. The molecule has 2 aromatic heterocycles. The van der Waals surface area contributed by atoms with Crippen LogP contribution in [0.25, 0.3) is 0 Å². The zero-order chi connectivity index (χ0) is 22.8. The zero-order valence-electron chi connectivity index (χ0n) is 19.1. The Morgan fingerprint density at radius 3 is 2.61 bits per heavy atom. The van der Waals surface area contributed by atoms with Gasteiger partial charge in [0.15, 0.2) is 5.11 Å². The molecule has 3 aromatic rings. The van der Waals surface area contributed by atoms with Crippen LogP contribution in [0, 0.1) is 0 Å². The maximum absolute atomic E-state index is 5.88. The number of rotatable bonds is 6. The van der Waals surface area contributed by atoms with Crippen molar-refractivity contribution in [3.8, 4) is 11.5 Å². The van der Waals surface area contributed by atoms with E-state index in [1.54, 1.807) is 14.2 Å². The number of aromatic nitrogens is 2. The number of hydrogen-bond donors (Lipinski definition) is 1. The second-order valence-electron chi connectivity index (χ2n) is 8.72. The molecule has 0 amide bonds. The van der Waals surface area contributed by atoms with Crippen molar-refractivity contribution in [1.82, 2.24) is 14.9 Å². The van der Waals surface area contributed by atoms with Gasteiger partial charge >= 0.3 is 0 Å². The smallest absolute Gasteiger partial charge is 0.174 e. The van der Waals surface area contributed by atoms with Gasteiger partial charge in [-0.2, -0.15) is 0 Å². The number of ether oxygens (including phenoxy) is 2. The molecule has 0 spiro atoms. The van der Waals surface area contributed by atoms with E-state index in [1.165, 1.54) is 37.7 Å². The van der Waals surface area contributed by atoms with Crippen molar-refractivity contribution < 1.29 is 9.47 Å². The molecule has 2 aliphatic rings. The van der Waals surface area contributed by atoms with Crippen LogP contribution in [0.2, 0.25) is 0 Å². The molecule has 7 heteroatoms. The Hall–Kier alpha value is -3.06. The monoisotopic (exact) mass is 462 g/mol. The van der Waals surface area contributed by atoms with Crippen molar-refractivity contribution in [3.63, 3.8) is 0 Å². The predicted molar refractivity (Wildman–Crippen MR) is 134 cm³/mol. The summed E-state index contributed by atoms with van der Waals surface area (Å²) in [6.45, 7) is 0. The van der Waals surface area contributed by atoms with E-state index in [-0.39, 0.29) is 12.1 Å². The van der Waals surface area contributed by atoms with E-state index in [9.17, 15) is 0 Å². The third-order valence-corrected chi connectivity index (χ3v) is 7.13. The fourth-order valence-corrected chi connectivity index (χ4v) is 5.49. The molecular formula is C26H30N4O2S. The first-order valence-electron chi connectivity index (χ1n) is 11.6. The molecule has 1 N–H and O–H groups in total. The number of benzene rings is 1. The van der Waals surface area contributed by atoms with Gasteiger partial charge in [0.1, 0.15) is 11.5 Å². The van der Waals surface area contributed by atoms with Crippen LogP contribution in [0.15, 0.2) is 61.1 Å². The molecule has 3 heterocycles. The number of anilines is 1. The first kappa shape index (κ1) is 21.8. The average molecular weight is 463 g/mol. The molecule has 1 saturated heterocycles. The van der Waals surface area contributed by atoms with Gasteiger partial charge in [-0.1, -0.05) is 25.3 Å². The lowest BCUT2D eigenvalue weighted by molar-refractivity contribution is 0.353. The Balaban J connectivity index is 1.59. The minimum Gasteiger partial charge on any atom is -0.497 e. The maximum atomic E-state index is 5.88. The zero-order valence-corrected chi connectivity index (χ0v) is 19.9. The van der Waals surface area contributed by atoms with Crippen LogP contribution in [-0.2, 0) is 0 Å². The molecule has 1 aromatic carbocycles. The Morgan fingerprint density at radius 1 is 1.03 bits per heavy atom. The van der Waals surface area contributed by atoms with Crippen molar-refractivity contribution in [2.45, 2.75) is 50.2 Å². The van der Waals surface area contributed by atoms with Crippen LogP contribution in [-0.4, -0.2) is 28.9 Å². The van der Waals surface area contributed by atoms with Crippen molar-refractivity contribution in [1.29, 1.82) is 0 Å². The second-order valence-corrected chi connectivity index (χ2v) is 9.10. The van der Waals surface area contributed by atoms with Crippen LogP contribution in [0.4, 0.5) is 5.69 Å². The molecule has 1 saturated carbocycles. The van der Waals surface area contributed by atoms with Gasteiger partial charge in [0.05, 0.1) is 37.7 Å². The average Bonchev–Trinajstić information content (AvgIpc) is 3.49. The summed E-state index contributed by atoms with van der Waals surface area (Å²) < 4.78 is 13.6. The lowest BCUT2D eigenvalue weighted by Crippen LogP contribution is -2.29. The minimum atomic E-state index is -0.0863. The van der Waals surface area contributed by atoms with Gasteiger partial charge in [0.25, 0.3) is 0 Å². The minimum absolute atomic E-state index is 0.0711. The fraction of sp³-hybridized carbons (Fsp3) is 0.385. The molecule has 0 unspecified atom stereocenters. The number of thiocarbonyl (C=S) groups is 1.